The van der Waals surface area contributed by atoms with Gasteiger partial charge < -0.3 is 0 Å². The van der Waals surface area contributed by atoms with E-state index in [0.29, 0.717) is 0 Å². The average Bonchev–Trinajstić information content (AvgIpc) is 1.25. The summed E-state index contributed by atoms with van der Waals surface area (Å²) in [7, 11) is 0. The van der Waals surface area contributed by atoms with Crippen molar-refractivity contribution >= 4 is 37.8 Å². The molecule has 0 aliphatic rings. The normalized spacial score (nSPS) is 11.2. The third-order valence-corrected chi connectivity index (χ3v) is 0. The van der Waals surface area contributed by atoms with Crippen LogP contribution < -0.4 is 0 Å². The molecule has 0 rings (SSSR count). The summed E-state index contributed by atoms with van der Waals surface area (Å²) in [6, 6.07) is 0. The van der Waals surface area contributed by atoms with Crippen LogP contribution in [0.5, 0.6) is 0 Å². The molecule has 0 saturated carbocycles. The maximum atomic E-state index is 4.96. The van der Waals surface area contributed by atoms with Crippen LogP contribution in [-0.4, -0.2) is 0 Å². The van der Waals surface area contributed by atoms with Crippen molar-refractivity contribution in [1.29, 1.82) is 0 Å². The van der Waals surface area contributed by atoms with Crippen LogP contribution in [0.25, 0.3) is 0 Å². The molecule has 8 heteroatoms. The van der Waals surface area contributed by atoms with Crippen LogP contribution in [0.15, 0.2) is 0 Å². The van der Waals surface area contributed by atoms with Gasteiger partial charge in [0.1, 0.15) is 0 Å². The Labute approximate surface area is 89.9 Å². The molecule has 0 aromatic rings. The Bertz CT molecular complexity index is 22.0. The molecular weight excluding hydrogens is 538 g/mol. The van der Waals surface area contributed by atoms with E-state index in [0.717, 1.165) is 0 Å². The molecule has 0 atom stereocenters. The van der Waals surface area contributed by atoms with Gasteiger partial charge in [-0.05, 0) is 0 Å². The number of hydrogen-bond acceptors (Lipinski definition) is 0. The zero-order chi connectivity index (χ0) is 7.15. The molecule has 0 radical (unpaired) electrons. The summed E-state index contributed by atoms with van der Waals surface area (Å²) in [5, 5.41) is 0. The summed E-state index contributed by atoms with van der Waals surface area (Å²) >= 11 is -3.70. The fourth-order valence-corrected chi connectivity index (χ4v) is 0. The molecule has 0 bridgehead atoms. The van der Waals surface area contributed by atoms with E-state index in [-0.39, 0.29) is 0 Å². The molecule has 0 nitrogen and oxygen atoms in total. The van der Waals surface area contributed by atoms with E-state index in [1.807, 2.05) is 0 Å². The molecule has 0 aromatic heterocycles. The topological polar surface area (TPSA) is 0 Å². The minimum atomic E-state index is -1.85. The molecule has 0 fully saturated rings. The molecule has 0 spiro atoms. The van der Waals surface area contributed by atoms with E-state index in [1.54, 1.807) is 0 Å². The molecule has 0 heterocycles. The van der Waals surface area contributed by atoms with E-state index in [4.69, 9.17) is 37.8 Å². The molecule has 8 heavy (non-hydrogen) atoms. The molecule has 0 aliphatic carbocycles. The Morgan fingerprint density at radius 3 is 0.500 bits per heavy atom. The van der Waals surface area contributed by atoms with Gasteiger partial charge in [0.2, 0.25) is 0 Å². The van der Waals surface area contributed by atoms with Crippen molar-refractivity contribution in [2.45, 2.75) is 0 Å². The second kappa shape index (κ2) is 11.3. The Morgan fingerprint density at radius 2 is 0.500 bits per heavy atom. The first-order valence-corrected chi connectivity index (χ1v) is 16.0. The number of halogens is 6. The Kier molecular flexibility index (Phi) is 20.9. The predicted octanol–water partition coefficient (Wildman–Crippen LogP) is 4.14. The second-order valence-electron chi connectivity index (χ2n) is 0.271. The Hall–Kier alpha value is 4.29. The molecule has 0 aromatic carbocycles. The maximum absolute atomic E-state index is 4.96. The zero-order valence-corrected chi connectivity index (χ0v) is 11.5. The van der Waals surface area contributed by atoms with Gasteiger partial charge in [-0.15, -0.1) is 0 Å². The van der Waals surface area contributed by atoms with Gasteiger partial charge in [0.25, 0.3) is 0 Å². The van der Waals surface area contributed by atoms with Gasteiger partial charge in [-0.3, -0.25) is 0 Å². The van der Waals surface area contributed by atoms with Crippen LogP contribution >= 0.6 is 37.8 Å². The van der Waals surface area contributed by atoms with Gasteiger partial charge in [0, 0.05) is 0 Å². The number of rotatable bonds is 0. The zero-order valence-electron chi connectivity index (χ0n) is 2.90. The van der Waals surface area contributed by atoms with Gasteiger partial charge in [0.15, 0.2) is 0 Å². The van der Waals surface area contributed by atoms with Crippen LogP contribution in [0.4, 0.5) is 0 Å². The van der Waals surface area contributed by atoms with Crippen LogP contribution in [-0.2, 0) is 0 Å². The summed E-state index contributed by atoms with van der Waals surface area (Å²) in [5.74, 6) is 0. The van der Waals surface area contributed by atoms with Gasteiger partial charge in [-0.2, -0.15) is 0 Å². The second-order valence-corrected chi connectivity index (χ2v) is 18.1. The molecule has 0 unspecified atom stereocenters. The van der Waals surface area contributed by atoms with Crippen LogP contribution in [0.3, 0.4) is 0 Å². The van der Waals surface area contributed by atoms with Crippen molar-refractivity contribution in [2.75, 3.05) is 0 Å². The van der Waals surface area contributed by atoms with E-state index in [2.05, 4.69) is 0 Å². The molecule has 62 valence electrons. The van der Waals surface area contributed by atoms with Crippen molar-refractivity contribution in [3.05, 3.63) is 0 Å². The fourth-order valence-electron chi connectivity index (χ4n) is 0. The van der Waals surface area contributed by atoms with E-state index >= 15 is 0 Å². The fraction of sp³-hybridized carbons (Fsp3) is 0. The van der Waals surface area contributed by atoms with E-state index in [9.17, 15) is 0 Å². The first-order valence-electron chi connectivity index (χ1n) is 0.717. The third-order valence-electron chi connectivity index (χ3n) is 0. The van der Waals surface area contributed by atoms with Crippen molar-refractivity contribution in [3.63, 3.8) is 0 Å². The molecule has 0 aliphatic heterocycles. The number of hydrogen-bond donors (Lipinski definition) is 0. The van der Waals surface area contributed by atoms with Crippen LogP contribution in [0.1, 0.15) is 0 Å². The summed E-state index contributed by atoms with van der Waals surface area (Å²) in [4.78, 5) is 0. The van der Waals surface area contributed by atoms with Crippen LogP contribution in [0.2, 0.25) is 0 Å². The molecule has 0 amide bonds. The minimum absolute atomic E-state index is 1.85. The van der Waals surface area contributed by atoms with Crippen LogP contribution in [0, 0.1) is 55.5 Å². The van der Waals surface area contributed by atoms with Gasteiger partial charge in [-0.25, -0.2) is 0 Å². The van der Waals surface area contributed by atoms with Crippen molar-refractivity contribution in [3.8, 4) is 0 Å². The van der Waals surface area contributed by atoms with Crippen molar-refractivity contribution < 1.29 is 55.5 Å². The first kappa shape index (κ1) is 14.8. The molecule has 0 N–H and O–H groups in total. The SMILES string of the molecule is [Cl][Dy]([Cl])[Cl].[Cl][Dy]([Cl])[Cl]. The summed E-state index contributed by atoms with van der Waals surface area (Å²) in [5.41, 5.74) is 0. The summed E-state index contributed by atoms with van der Waals surface area (Å²) < 4.78 is 0. The monoisotopic (exact) mass is 538 g/mol. The van der Waals surface area contributed by atoms with Gasteiger partial charge in [-0.1, -0.05) is 0 Å². The van der Waals surface area contributed by atoms with Crippen molar-refractivity contribution in [2.24, 2.45) is 0 Å². The van der Waals surface area contributed by atoms with Gasteiger partial charge in [0.05, 0.1) is 0 Å². The summed E-state index contributed by atoms with van der Waals surface area (Å²) in [6.45, 7) is 0. The Morgan fingerprint density at radius 1 is 0.500 bits per heavy atom. The average molecular weight is 538 g/mol. The summed E-state index contributed by atoms with van der Waals surface area (Å²) in [6.07, 6.45) is 29.8. The predicted molar refractivity (Wildman–Crippen MR) is 35.1 cm³/mol. The third kappa shape index (κ3) is 48.3. The molecular formula is Cl6Dy2. The standard InChI is InChI=1S/6ClH.2Dy/h6*1H;;/q;;;;;;2*+3/p-6. The first-order chi connectivity index (χ1) is 3.46. The quantitative estimate of drug-likeness (QED) is 0.436. The van der Waals surface area contributed by atoms with E-state index in [1.165, 1.54) is 0 Å². The van der Waals surface area contributed by atoms with Crippen molar-refractivity contribution in [1.82, 2.24) is 0 Å². The molecule has 0 saturated heterocycles. The van der Waals surface area contributed by atoms with Gasteiger partial charge >= 0.3 is 93.3 Å². The van der Waals surface area contributed by atoms with E-state index < -0.39 is 55.5 Å². The Balaban J connectivity index is 0.